The van der Waals surface area contributed by atoms with Crippen LogP contribution in [-0.4, -0.2) is 15.5 Å². The fraction of sp³-hybridized carbons (Fsp3) is 0.455. The highest BCUT2D eigenvalue weighted by Gasteiger charge is 2.19. The van der Waals surface area contributed by atoms with Gasteiger partial charge in [0.1, 0.15) is 5.82 Å². The molecule has 0 aliphatic heterocycles. The van der Waals surface area contributed by atoms with Crippen molar-refractivity contribution in [3.8, 4) is 0 Å². The molecule has 0 aliphatic rings. The predicted octanol–water partition coefficient (Wildman–Crippen LogP) is 2.71. The molecule has 0 amide bonds. The molecule has 0 fully saturated rings. The minimum Gasteiger partial charge on any atom is -0.327 e. The first-order valence-electron chi connectivity index (χ1n) is 5.08. The quantitative estimate of drug-likeness (QED) is 0.908. The second kappa shape index (κ2) is 5.75. The Morgan fingerprint density at radius 2 is 2.19 bits per heavy atom. The van der Waals surface area contributed by atoms with Crippen LogP contribution in [-0.2, 0) is 10.8 Å². The summed E-state index contributed by atoms with van der Waals surface area (Å²) in [5.41, 5.74) is 5.82. The van der Waals surface area contributed by atoms with E-state index in [9.17, 15) is 8.60 Å². The van der Waals surface area contributed by atoms with Gasteiger partial charge in [-0.25, -0.2) is 4.39 Å². The molecular weight excluding hydrogens is 249 g/mol. The lowest BCUT2D eigenvalue weighted by molar-refractivity contribution is 0.609. The molecule has 2 nitrogen and oxygen atoms in total. The van der Waals surface area contributed by atoms with E-state index in [4.69, 9.17) is 17.3 Å². The largest absolute Gasteiger partial charge is 0.327 e. The molecule has 90 valence electrons. The first-order valence-corrected chi connectivity index (χ1v) is 6.67. The van der Waals surface area contributed by atoms with Crippen LogP contribution >= 0.6 is 11.6 Å². The maximum atomic E-state index is 12.9. The van der Waals surface area contributed by atoms with Crippen LogP contribution < -0.4 is 5.73 Å². The summed E-state index contributed by atoms with van der Waals surface area (Å²) in [6.45, 7) is 3.76. The van der Waals surface area contributed by atoms with Crippen LogP contribution in [0.2, 0.25) is 5.02 Å². The van der Waals surface area contributed by atoms with Crippen molar-refractivity contribution < 1.29 is 8.60 Å². The zero-order valence-corrected chi connectivity index (χ0v) is 10.8. The van der Waals surface area contributed by atoms with Crippen LogP contribution in [0.3, 0.4) is 0 Å². The third-order valence-corrected chi connectivity index (χ3v) is 4.57. The minimum atomic E-state index is -1.25. The zero-order valence-electron chi connectivity index (χ0n) is 9.24. The van der Waals surface area contributed by atoms with E-state index in [0.717, 1.165) is 6.42 Å². The molecule has 1 aromatic rings. The first-order chi connectivity index (χ1) is 7.47. The fourth-order valence-electron chi connectivity index (χ4n) is 1.31. The van der Waals surface area contributed by atoms with Crippen LogP contribution in [0.25, 0.3) is 0 Å². The van der Waals surface area contributed by atoms with E-state index in [1.807, 2.05) is 13.8 Å². The molecule has 0 spiro atoms. The fourth-order valence-corrected chi connectivity index (χ4v) is 2.93. The van der Waals surface area contributed by atoms with Crippen LogP contribution in [0, 0.1) is 5.82 Å². The number of benzene rings is 1. The molecule has 3 atom stereocenters. The van der Waals surface area contributed by atoms with Gasteiger partial charge in [0, 0.05) is 10.9 Å². The van der Waals surface area contributed by atoms with E-state index in [2.05, 4.69) is 0 Å². The normalized spacial score (nSPS) is 16.8. The van der Waals surface area contributed by atoms with Gasteiger partial charge in [0.05, 0.1) is 21.1 Å². The van der Waals surface area contributed by atoms with E-state index >= 15 is 0 Å². The third kappa shape index (κ3) is 3.03. The Bertz CT molecular complexity index is 400. The Hall–Kier alpha value is -0.450. The number of nitrogens with two attached hydrogens (primary N) is 1. The summed E-state index contributed by atoms with van der Waals surface area (Å²) >= 11 is 5.64. The molecule has 1 aromatic carbocycles. The van der Waals surface area contributed by atoms with Gasteiger partial charge < -0.3 is 5.73 Å². The van der Waals surface area contributed by atoms with Gasteiger partial charge in [-0.15, -0.1) is 0 Å². The lowest BCUT2D eigenvalue weighted by Crippen LogP contribution is -2.34. The van der Waals surface area contributed by atoms with Crippen molar-refractivity contribution in [2.45, 2.75) is 36.5 Å². The van der Waals surface area contributed by atoms with Crippen molar-refractivity contribution >= 4 is 22.4 Å². The summed E-state index contributed by atoms with van der Waals surface area (Å²) in [5, 5.41) is -0.186. The Morgan fingerprint density at radius 3 is 2.69 bits per heavy atom. The van der Waals surface area contributed by atoms with E-state index in [1.165, 1.54) is 18.2 Å². The van der Waals surface area contributed by atoms with Crippen LogP contribution in [0.4, 0.5) is 4.39 Å². The maximum Gasteiger partial charge on any atom is 0.141 e. The molecule has 2 N–H and O–H groups in total. The maximum absolute atomic E-state index is 12.9. The summed E-state index contributed by atoms with van der Waals surface area (Å²) in [6, 6.07) is 3.96. The molecule has 5 heteroatoms. The van der Waals surface area contributed by atoms with E-state index < -0.39 is 16.6 Å². The molecule has 3 unspecified atom stereocenters. The highest BCUT2D eigenvalue weighted by molar-refractivity contribution is 7.85. The van der Waals surface area contributed by atoms with Crippen LogP contribution in [0.15, 0.2) is 23.1 Å². The predicted molar refractivity (Wildman–Crippen MR) is 65.5 cm³/mol. The molecule has 0 bridgehead atoms. The summed E-state index contributed by atoms with van der Waals surface area (Å²) in [5.74, 6) is -0.505. The number of halogens is 2. The summed E-state index contributed by atoms with van der Waals surface area (Å²) in [6.07, 6.45) is 0.752. The van der Waals surface area contributed by atoms with Gasteiger partial charge in [-0.3, -0.25) is 4.21 Å². The molecule has 1 rings (SSSR count). The van der Waals surface area contributed by atoms with Crippen LogP contribution in [0.5, 0.6) is 0 Å². The van der Waals surface area contributed by atoms with Crippen molar-refractivity contribution in [1.29, 1.82) is 0 Å². The molecule has 0 aromatic heterocycles. The van der Waals surface area contributed by atoms with Gasteiger partial charge in [-0.1, -0.05) is 18.5 Å². The average molecular weight is 264 g/mol. The third-order valence-electron chi connectivity index (χ3n) is 2.54. The number of hydrogen-bond acceptors (Lipinski definition) is 2. The smallest absolute Gasteiger partial charge is 0.141 e. The highest BCUT2D eigenvalue weighted by atomic mass is 35.5. The van der Waals surface area contributed by atoms with Gasteiger partial charge in [-0.05, 0) is 31.5 Å². The van der Waals surface area contributed by atoms with Crippen LogP contribution in [0.1, 0.15) is 20.3 Å². The monoisotopic (exact) mass is 263 g/mol. The van der Waals surface area contributed by atoms with Gasteiger partial charge in [0.15, 0.2) is 0 Å². The molecule has 16 heavy (non-hydrogen) atoms. The lowest BCUT2D eigenvalue weighted by Gasteiger charge is -2.17. The number of hydrogen-bond donors (Lipinski definition) is 1. The Labute approximate surface area is 102 Å². The second-order valence-electron chi connectivity index (χ2n) is 3.65. The van der Waals surface area contributed by atoms with Crippen molar-refractivity contribution in [1.82, 2.24) is 0 Å². The second-order valence-corrected chi connectivity index (χ2v) is 5.87. The van der Waals surface area contributed by atoms with Crippen molar-refractivity contribution in [3.05, 3.63) is 29.0 Å². The zero-order chi connectivity index (χ0) is 12.3. The lowest BCUT2D eigenvalue weighted by atomic mass is 10.2. The molecule has 0 aliphatic carbocycles. The van der Waals surface area contributed by atoms with Gasteiger partial charge >= 0.3 is 0 Å². The Balaban J connectivity index is 2.92. The molecule has 0 saturated heterocycles. The molecular formula is C11H15ClFNOS. The SMILES string of the molecule is CCC(N)C(C)S(=O)c1ccc(F)c(Cl)c1. The van der Waals surface area contributed by atoms with Crippen molar-refractivity contribution in [2.75, 3.05) is 0 Å². The summed E-state index contributed by atoms with van der Waals surface area (Å²) in [7, 11) is -1.25. The minimum absolute atomic E-state index is 0.0110. The van der Waals surface area contributed by atoms with E-state index in [1.54, 1.807) is 0 Å². The standard InChI is InChI=1S/C11H15ClFNOS/c1-3-11(14)7(2)16(15)8-4-5-10(13)9(12)6-8/h4-7,11H,3,14H2,1-2H3. The van der Waals surface area contributed by atoms with Gasteiger partial charge in [0.25, 0.3) is 0 Å². The number of rotatable bonds is 4. The Morgan fingerprint density at radius 1 is 1.56 bits per heavy atom. The highest BCUT2D eigenvalue weighted by Crippen LogP contribution is 2.21. The first kappa shape index (κ1) is 13.6. The summed E-state index contributed by atoms with van der Waals surface area (Å²) < 4.78 is 25.0. The average Bonchev–Trinajstić information content (AvgIpc) is 2.29. The van der Waals surface area contributed by atoms with Gasteiger partial charge in [0.2, 0.25) is 0 Å². The van der Waals surface area contributed by atoms with Gasteiger partial charge in [-0.2, -0.15) is 0 Å². The Kier molecular flexibility index (Phi) is 4.89. The molecule has 0 heterocycles. The summed E-state index contributed by atoms with van der Waals surface area (Å²) in [4.78, 5) is 0.516. The van der Waals surface area contributed by atoms with Crippen molar-refractivity contribution in [2.24, 2.45) is 5.73 Å². The van der Waals surface area contributed by atoms with Crippen molar-refractivity contribution in [3.63, 3.8) is 0 Å². The molecule has 0 radical (unpaired) electrons. The van der Waals surface area contributed by atoms with E-state index in [0.29, 0.717) is 4.90 Å². The topological polar surface area (TPSA) is 43.1 Å². The van der Waals surface area contributed by atoms with E-state index in [-0.39, 0.29) is 16.3 Å². The molecule has 0 saturated carbocycles.